The summed E-state index contributed by atoms with van der Waals surface area (Å²) in [6.07, 6.45) is 6.25. The van der Waals surface area contributed by atoms with Gasteiger partial charge in [0.1, 0.15) is 5.52 Å². The second-order valence-corrected chi connectivity index (χ2v) is 11.1. The van der Waals surface area contributed by atoms with Gasteiger partial charge in [-0.1, -0.05) is 38.0 Å². The molecule has 0 radical (unpaired) electrons. The van der Waals surface area contributed by atoms with Crippen molar-refractivity contribution >= 4 is 31.7 Å². The van der Waals surface area contributed by atoms with E-state index in [1.165, 1.54) is 12.8 Å². The van der Waals surface area contributed by atoms with Crippen molar-refractivity contribution in [2.75, 3.05) is 5.75 Å². The molecule has 7 heteroatoms. The molecule has 0 unspecified atom stereocenters. The molecule has 0 amide bonds. The lowest BCUT2D eigenvalue weighted by Crippen LogP contribution is -2.16. The van der Waals surface area contributed by atoms with E-state index in [0.717, 1.165) is 35.2 Å². The Morgan fingerprint density at radius 3 is 2.53 bits per heavy atom. The minimum absolute atomic E-state index is 0.0538. The first-order valence-electron chi connectivity index (χ1n) is 11.1. The number of aryl methyl sites for hydroxylation is 1. The molecule has 1 fully saturated rings. The predicted octanol–water partition coefficient (Wildman–Crippen LogP) is 4.94. The first kappa shape index (κ1) is 20.9. The molecule has 5 rings (SSSR count). The SMILES string of the molecule is CCS(=O)(=O)Cc1cc(-c2cn(C)c(=O)c3ccccc23)c2oc(C3CCCC3)nc2c1. The number of benzene rings is 2. The Balaban J connectivity index is 1.80. The highest BCUT2D eigenvalue weighted by Gasteiger charge is 2.25. The fraction of sp³-hybridized carbons (Fsp3) is 0.360. The number of nitrogens with zero attached hydrogens (tertiary/aromatic N) is 2. The second-order valence-electron chi connectivity index (χ2n) is 8.71. The molecule has 1 aliphatic rings. The van der Waals surface area contributed by atoms with Crippen molar-refractivity contribution in [2.45, 2.75) is 44.3 Å². The molecule has 6 nitrogen and oxygen atoms in total. The predicted molar refractivity (Wildman–Crippen MR) is 127 cm³/mol. The van der Waals surface area contributed by atoms with Gasteiger partial charge in [-0.3, -0.25) is 4.79 Å². The smallest absolute Gasteiger partial charge is 0.258 e. The summed E-state index contributed by atoms with van der Waals surface area (Å²) in [4.78, 5) is 17.5. The van der Waals surface area contributed by atoms with Crippen LogP contribution in [0.2, 0.25) is 0 Å². The van der Waals surface area contributed by atoms with Crippen molar-refractivity contribution in [1.82, 2.24) is 9.55 Å². The fourth-order valence-corrected chi connectivity index (χ4v) is 5.60. The Labute approximate surface area is 186 Å². The van der Waals surface area contributed by atoms with Gasteiger partial charge in [-0.05, 0) is 42.0 Å². The summed E-state index contributed by atoms with van der Waals surface area (Å²) in [6.45, 7) is 1.66. The first-order chi connectivity index (χ1) is 15.4. The van der Waals surface area contributed by atoms with Gasteiger partial charge < -0.3 is 8.98 Å². The van der Waals surface area contributed by atoms with Crippen LogP contribution in [0, 0.1) is 0 Å². The topological polar surface area (TPSA) is 82.2 Å². The average Bonchev–Trinajstić information content (AvgIpc) is 3.45. The van der Waals surface area contributed by atoms with Crippen LogP contribution in [0.25, 0.3) is 33.0 Å². The minimum Gasteiger partial charge on any atom is -0.440 e. The molecule has 0 bridgehead atoms. The third kappa shape index (κ3) is 3.64. The zero-order chi connectivity index (χ0) is 22.5. The number of hydrogen-bond donors (Lipinski definition) is 0. The van der Waals surface area contributed by atoms with Crippen molar-refractivity contribution in [3.05, 3.63) is 64.4 Å². The maximum Gasteiger partial charge on any atom is 0.258 e. The van der Waals surface area contributed by atoms with Crippen molar-refractivity contribution < 1.29 is 12.8 Å². The van der Waals surface area contributed by atoms with Gasteiger partial charge in [0.05, 0.1) is 5.75 Å². The maximum atomic E-state index is 12.7. The molecule has 2 aromatic carbocycles. The van der Waals surface area contributed by atoms with E-state index in [4.69, 9.17) is 9.40 Å². The maximum absolute atomic E-state index is 12.7. The molecule has 1 saturated carbocycles. The highest BCUT2D eigenvalue weighted by Crippen LogP contribution is 2.39. The molecule has 0 N–H and O–H groups in total. The molecule has 0 atom stereocenters. The van der Waals surface area contributed by atoms with Crippen LogP contribution in [0.5, 0.6) is 0 Å². The lowest BCUT2D eigenvalue weighted by Gasteiger charge is -2.11. The van der Waals surface area contributed by atoms with Crippen LogP contribution < -0.4 is 5.56 Å². The van der Waals surface area contributed by atoms with E-state index in [-0.39, 0.29) is 17.1 Å². The van der Waals surface area contributed by atoms with Crippen LogP contribution >= 0.6 is 0 Å². The molecule has 1 aliphatic carbocycles. The largest absolute Gasteiger partial charge is 0.440 e. The summed E-state index contributed by atoms with van der Waals surface area (Å²) >= 11 is 0. The van der Waals surface area contributed by atoms with Crippen molar-refractivity contribution in [1.29, 1.82) is 0 Å². The Hall–Kier alpha value is -2.93. The Bertz CT molecular complexity index is 1490. The molecule has 0 spiro atoms. The van der Waals surface area contributed by atoms with E-state index in [0.29, 0.717) is 28.0 Å². The highest BCUT2D eigenvalue weighted by molar-refractivity contribution is 7.90. The molecule has 4 aromatic rings. The second kappa shape index (κ2) is 7.89. The number of sulfone groups is 1. The van der Waals surface area contributed by atoms with Gasteiger partial charge in [0, 0.05) is 41.4 Å². The third-order valence-electron chi connectivity index (χ3n) is 6.48. The van der Waals surface area contributed by atoms with E-state index >= 15 is 0 Å². The molecule has 32 heavy (non-hydrogen) atoms. The van der Waals surface area contributed by atoms with Gasteiger partial charge in [-0.15, -0.1) is 0 Å². The number of rotatable bonds is 5. The normalized spacial score (nSPS) is 15.2. The quantitative estimate of drug-likeness (QED) is 0.430. The van der Waals surface area contributed by atoms with Crippen molar-refractivity contribution in [3.8, 4) is 11.1 Å². The summed E-state index contributed by atoms with van der Waals surface area (Å²) in [5, 5.41) is 1.42. The molecule has 166 valence electrons. The van der Waals surface area contributed by atoms with Gasteiger partial charge in [0.2, 0.25) is 0 Å². The first-order valence-corrected chi connectivity index (χ1v) is 12.9. The van der Waals surface area contributed by atoms with Gasteiger partial charge >= 0.3 is 0 Å². The fourth-order valence-electron chi connectivity index (χ4n) is 4.73. The molecule has 0 aliphatic heterocycles. The van der Waals surface area contributed by atoms with Gasteiger partial charge in [0.25, 0.3) is 5.56 Å². The zero-order valence-electron chi connectivity index (χ0n) is 18.3. The van der Waals surface area contributed by atoms with Crippen molar-refractivity contribution in [2.24, 2.45) is 7.05 Å². The Morgan fingerprint density at radius 2 is 1.81 bits per heavy atom. The molecular formula is C25H26N2O4S. The summed E-state index contributed by atoms with van der Waals surface area (Å²) in [5.74, 6) is 1.05. The monoisotopic (exact) mass is 450 g/mol. The lowest BCUT2D eigenvalue weighted by molar-refractivity contribution is 0.474. The number of oxazole rings is 1. The third-order valence-corrected chi connectivity index (χ3v) is 8.13. The van der Waals surface area contributed by atoms with E-state index < -0.39 is 9.84 Å². The highest BCUT2D eigenvalue weighted by atomic mass is 32.2. The summed E-state index contributed by atoms with van der Waals surface area (Å²) in [6, 6.07) is 11.2. The average molecular weight is 451 g/mol. The lowest BCUT2D eigenvalue weighted by atomic mass is 9.98. The van der Waals surface area contributed by atoms with Crippen LogP contribution in [0.15, 0.2) is 51.8 Å². The van der Waals surface area contributed by atoms with E-state index in [2.05, 4.69) is 0 Å². The van der Waals surface area contributed by atoms with E-state index in [1.807, 2.05) is 36.4 Å². The summed E-state index contributed by atoms with van der Waals surface area (Å²) in [5.41, 5.74) is 3.52. The minimum atomic E-state index is -3.22. The molecule has 0 saturated heterocycles. The molecule has 2 aromatic heterocycles. The standard InChI is InChI=1S/C25H26N2O4S/c1-3-32(29,30)15-16-12-20(21-14-27(2)25(28)19-11-7-6-10-18(19)21)23-22(13-16)26-24(31-23)17-8-4-5-9-17/h6-7,10-14,17H,3-5,8-9,15H2,1-2H3. The van der Waals surface area contributed by atoms with Crippen LogP contribution in [0.4, 0.5) is 0 Å². The molecular weight excluding hydrogens is 424 g/mol. The van der Waals surface area contributed by atoms with Crippen LogP contribution in [-0.2, 0) is 22.6 Å². The number of hydrogen-bond acceptors (Lipinski definition) is 5. The van der Waals surface area contributed by atoms with Gasteiger partial charge in [-0.25, -0.2) is 13.4 Å². The number of fused-ring (bicyclic) bond motifs is 2. The van der Waals surface area contributed by atoms with E-state index in [1.54, 1.807) is 24.7 Å². The van der Waals surface area contributed by atoms with Gasteiger partial charge in [-0.2, -0.15) is 0 Å². The number of pyridine rings is 1. The molecule has 2 heterocycles. The zero-order valence-corrected chi connectivity index (χ0v) is 19.1. The van der Waals surface area contributed by atoms with Crippen LogP contribution in [0.1, 0.15) is 50.0 Å². The van der Waals surface area contributed by atoms with Crippen LogP contribution in [0.3, 0.4) is 0 Å². The van der Waals surface area contributed by atoms with Gasteiger partial charge in [0.15, 0.2) is 21.3 Å². The van der Waals surface area contributed by atoms with E-state index in [9.17, 15) is 13.2 Å². The Morgan fingerprint density at radius 1 is 1.09 bits per heavy atom. The summed E-state index contributed by atoms with van der Waals surface area (Å²) in [7, 11) is -1.49. The Kier molecular flexibility index (Phi) is 5.16. The van der Waals surface area contributed by atoms with Crippen molar-refractivity contribution in [3.63, 3.8) is 0 Å². The van der Waals surface area contributed by atoms with Crippen LogP contribution in [-0.4, -0.2) is 23.7 Å². The summed E-state index contributed by atoms with van der Waals surface area (Å²) < 4.78 is 32.7. The number of aromatic nitrogens is 2.